The maximum atomic E-state index is 12.0. The van der Waals surface area contributed by atoms with Gasteiger partial charge in [0.1, 0.15) is 5.82 Å². The van der Waals surface area contributed by atoms with Crippen molar-refractivity contribution in [2.75, 3.05) is 5.32 Å². The lowest BCUT2D eigenvalue weighted by atomic mass is 10.2. The molecule has 2 heterocycles. The lowest BCUT2D eigenvalue weighted by molar-refractivity contribution is -0.116. The van der Waals surface area contributed by atoms with Crippen molar-refractivity contribution in [1.82, 2.24) is 14.8 Å². The average molecular weight is 329 g/mol. The van der Waals surface area contributed by atoms with Crippen LogP contribution in [0, 0.1) is 0 Å². The highest BCUT2D eigenvalue weighted by molar-refractivity contribution is 6.30. The van der Waals surface area contributed by atoms with Crippen molar-refractivity contribution in [1.29, 1.82) is 0 Å². The van der Waals surface area contributed by atoms with Crippen molar-refractivity contribution < 1.29 is 4.79 Å². The fraction of sp³-hybridized carbons (Fsp3) is 0.125. The second-order valence-electron chi connectivity index (χ2n) is 4.91. The molecule has 0 unspecified atom stereocenters. The van der Waals surface area contributed by atoms with Gasteiger partial charge in [0.25, 0.3) is 0 Å². The Bertz CT molecular complexity index is 906. The summed E-state index contributed by atoms with van der Waals surface area (Å²) in [6, 6.07) is 10.5. The highest BCUT2D eigenvalue weighted by atomic mass is 35.5. The lowest BCUT2D eigenvalue weighted by Crippen LogP contribution is -2.18. The molecule has 0 radical (unpaired) electrons. The predicted octanol–water partition coefficient (Wildman–Crippen LogP) is 2.47. The van der Waals surface area contributed by atoms with Crippen LogP contribution in [0.25, 0.3) is 10.9 Å². The summed E-state index contributed by atoms with van der Waals surface area (Å²) < 4.78 is 1.64. The number of rotatable bonds is 4. The number of hydrogen-bond acceptors (Lipinski definition) is 4. The Morgan fingerprint density at radius 2 is 2.00 bits per heavy atom. The molecule has 0 saturated heterocycles. The summed E-state index contributed by atoms with van der Waals surface area (Å²) in [6.45, 7) is 0.361. The Kier molecular flexibility index (Phi) is 4.34. The number of para-hydroxylation sites is 1. The minimum Gasteiger partial charge on any atom is -0.311 e. The topological polar surface area (TPSA) is 76.9 Å². The molecule has 23 heavy (non-hydrogen) atoms. The fourth-order valence-corrected chi connectivity index (χ4v) is 2.31. The standard InChI is InChI=1S/C16H13ClN4O2/c17-11-5-6-15(18-9-11)20-16(23)7-8-21-13-4-2-1-3-12(13)14(22)10-19-21/h1-6,9-10H,7-8H2,(H,18,20,23). The largest absolute Gasteiger partial charge is 0.311 e. The van der Waals surface area contributed by atoms with E-state index >= 15 is 0 Å². The average Bonchev–Trinajstić information content (AvgIpc) is 2.57. The van der Waals surface area contributed by atoms with Gasteiger partial charge in [-0.3, -0.25) is 14.3 Å². The Morgan fingerprint density at radius 3 is 2.78 bits per heavy atom. The van der Waals surface area contributed by atoms with Gasteiger partial charge in [0, 0.05) is 18.0 Å². The number of aromatic nitrogens is 3. The van der Waals surface area contributed by atoms with Crippen LogP contribution in [-0.4, -0.2) is 20.7 Å². The van der Waals surface area contributed by atoms with E-state index in [0.29, 0.717) is 28.3 Å². The van der Waals surface area contributed by atoms with Crippen molar-refractivity contribution in [3.8, 4) is 0 Å². The van der Waals surface area contributed by atoms with Crippen molar-refractivity contribution in [2.24, 2.45) is 0 Å². The second kappa shape index (κ2) is 6.58. The summed E-state index contributed by atoms with van der Waals surface area (Å²) in [5, 5.41) is 7.87. The van der Waals surface area contributed by atoms with E-state index in [2.05, 4.69) is 15.4 Å². The molecule has 3 aromatic rings. The molecule has 6 nitrogen and oxygen atoms in total. The third kappa shape index (κ3) is 3.54. The maximum absolute atomic E-state index is 12.0. The van der Waals surface area contributed by atoms with Gasteiger partial charge in [0.15, 0.2) is 0 Å². The molecule has 0 aliphatic heterocycles. The van der Waals surface area contributed by atoms with Gasteiger partial charge in [-0.1, -0.05) is 23.7 Å². The van der Waals surface area contributed by atoms with E-state index in [4.69, 9.17) is 11.6 Å². The van der Waals surface area contributed by atoms with E-state index in [1.165, 1.54) is 12.4 Å². The van der Waals surface area contributed by atoms with E-state index in [1.54, 1.807) is 28.9 Å². The molecule has 7 heteroatoms. The first-order chi connectivity index (χ1) is 11.1. The molecule has 0 aliphatic rings. The molecule has 3 rings (SSSR count). The van der Waals surface area contributed by atoms with Crippen molar-refractivity contribution >= 4 is 34.2 Å². The summed E-state index contributed by atoms with van der Waals surface area (Å²) in [5.41, 5.74) is 0.573. The molecule has 0 atom stereocenters. The van der Waals surface area contributed by atoms with Crippen LogP contribution in [0.15, 0.2) is 53.6 Å². The van der Waals surface area contributed by atoms with Crippen molar-refractivity contribution in [2.45, 2.75) is 13.0 Å². The van der Waals surface area contributed by atoms with Crippen molar-refractivity contribution in [3.05, 3.63) is 64.0 Å². The van der Waals surface area contributed by atoms with Gasteiger partial charge in [-0.25, -0.2) is 4.98 Å². The van der Waals surface area contributed by atoms with E-state index in [9.17, 15) is 9.59 Å². The summed E-state index contributed by atoms with van der Waals surface area (Å²) >= 11 is 5.75. The number of pyridine rings is 1. The number of fused-ring (bicyclic) bond motifs is 1. The Balaban J connectivity index is 1.71. The molecular weight excluding hydrogens is 316 g/mol. The Labute approximate surface area is 136 Å². The minimum atomic E-state index is -0.190. The number of benzene rings is 1. The maximum Gasteiger partial charge on any atom is 0.227 e. The molecule has 2 aromatic heterocycles. The number of hydrogen-bond donors (Lipinski definition) is 1. The minimum absolute atomic E-state index is 0.133. The number of anilines is 1. The molecule has 0 aliphatic carbocycles. The zero-order chi connectivity index (χ0) is 16.2. The molecule has 1 aromatic carbocycles. The van der Waals surface area contributed by atoms with Gasteiger partial charge in [-0.05, 0) is 24.3 Å². The first-order valence-electron chi connectivity index (χ1n) is 7.00. The van der Waals surface area contributed by atoms with E-state index in [0.717, 1.165) is 0 Å². The summed E-state index contributed by atoms with van der Waals surface area (Å²) in [4.78, 5) is 27.8. The Morgan fingerprint density at radius 1 is 1.17 bits per heavy atom. The number of nitrogens with zero attached hydrogens (tertiary/aromatic N) is 3. The zero-order valence-electron chi connectivity index (χ0n) is 12.1. The van der Waals surface area contributed by atoms with Crippen LogP contribution in [0.4, 0.5) is 5.82 Å². The first kappa shape index (κ1) is 15.2. The zero-order valence-corrected chi connectivity index (χ0v) is 12.8. The van der Waals surface area contributed by atoms with E-state index in [-0.39, 0.29) is 17.8 Å². The quantitative estimate of drug-likeness (QED) is 0.798. The van der Waals surface area contributed by atoms with Gasteiger partial charge >= 0.3 is 0 Å². The van der Waals surface area contributed by atoms with Gasteiger partial charge in [0.2, 0.25) is 11.3 Å². The third-order valence-corrected chi connectivity index (χ3v) is 3.53. The summed E-state index contributed by atoms with van der Waals surface area (Å²) in [7, 11) is 0. The van der Waals surface area contributed by atoms with Gasteiger partial charge < -0.3 is 5.32 Å². The second-order valence-corrected chi connectivity index (χ2v) is 5.35. The first-order valence-corrected chi connectivity index (χ1v) is 7.37. The smallest absolute Gasteiger partial charge is 0.227 e. The van der Waals surface area contributed by atoms with Crippen LogP contribution in [0.3, 0.4) is 0 Å². The SMILES string of the molecule is O=C(CCn1ncc(=O)c2ccccc21)Nc1ccc(Cl)cn1. The molecule has 1 amide bonds. The van der Waals surface area contributed by atoms with Crippen LogP contribution in [0.5, 0.6) is 0 Å². The fourth-order valence-electron chi connectivity index (χ4n) is 2.20. The number of amides is 1. The summed E-state index contributed by atoms with van der Waals surface area (Å²) in [6.07, 6.45) is 2.94. The monoisotopic (exact) mass is 328 g/mol. The van der Waals surface area contributed by atoms with E-state index in [1.807, 2.05) is 12.1 Å². The predicted molar refractivity (Wildman–Crippen MR) is 88.5 cm³/mol. The molecule has 0 bridgehead atoms. The van der Waals surface area contributed by atoms with Crippen molar-refractivity contribution in [3.63, 3.8) is 0 Å². The van der Waals surface area contributed by atoms with Crippen LogP contribution in [0.1, 0.15) is 6.42 Å². The number of aryl methyl sites for hydroxylation is 1. The lowest BCUT2D eigenvalue weighted by Gasteiger charge is -2.09. The number of carbonyl (C=O) groups is 1. The highest BCUT2D eigenvalue weighted by Gasteiger charge is 2.07. The molecule has 0 saturated carbocycles. The van der Waals surface area contributed by atoms with Gasteiger partial charge in [-0.2, -0.15) is 5.10 Å². The number of carbonyl (C=O) groups excluding carboxylic acids is 1. The number of halogens is 1. The van der Waals surface area contributed by atoms with Crippen LogP contribution in [-0.2, 0) is 11.3 Å². The third-order valence-electron chi connectivity index (χ3n) is 3.31. The molecule has 0 spiro atoms. The molecule has 0 fully saturated rings. The normalized spacial score (nSPS) is 10.7. The van der Waals surface area contributed by atoms with Gasteiger partial charge in [-0.15, -0.1) is 0 Å². The Hall–Kier alpha value is -2.73. The summed E-state index contributed by atoms with van der Waals surface area (Å²) in [5.74, 6) is 0.251. The highest BCUT2D eigenvalue weighted by Crippen LogP contribution is 2.11. The number of nitrogens with one attached hydrogen (secondary N) is 1. The van der Waals surface area contributed by atoms with Crippen LogP contribution in [0.2, 0.25) is 5.02 Å². The molecule has 116 valence electrons. The van der Waals surface area contributed by atoms with Crippen LogP contribution < -0.4 is 10.7 Å². The molecule has 1 N–H and O–H groups in total. The van der Waals surface area contributed by atoms with Crippen LogP contribution >= 0.6 is 11.6 Å². The van der Waals surface area contributed by atoms with E-state index < -0.39 is 0 Å². The molecular formula is C16H13ClN4O2. The van der Waals surface area contributed by atoms with Gasteiger partial charge in [0.05, 0.1) is 23.3 Å².